The van der Waals surface area contributed by atoms with Crippen molar-refractivity contribution < 1.29 is 13.6 Å². The second-order valence-corrected chi connectivity index (χ2v) is 4.16. The summed E-state index contributed by atoms with van der Waals surface area (Å²) >= 11 is 0. The quantitative estimate of drug-likeness (QED) is 0.817. The molecule has 0 saturated carbocycles. The molecule has 2 aromatic rings. The third kappa shape index (κ3) is 2.88. The lowest BCUT2D eigenvalue weighted by atomic mass is 10.1. The summed E-state index contributed by atoms with van der Waals surface area (Å²) in [6.45, 7) is 1.76. The van der Waals surface area contributed by atoms with E-state index in [4.69, 9.17) is 5.73 Å². The van der Waals surface area contributed by atoms with Gasteiger partial charge in [-0.15, -0.1) is 0 Å². The Kier molecular flexibility index (Phi) is 3.46. The minimum absolute atomic E-state index is 0.186. The Hall–Kier alpha value is -2.43. The smallest absolute Gasteiger partial charge is 0.256 e. The van der Waals surface area contributed by atoms with E-state index in [2.05, 4.69) is 5.32 Å². The van der Waals surface area contributed by atoms with Crippen molar-refractivity contribution in [2.45, 2.75) is 6.92 Å². The van der Waals surface area contributed by atoms with Crippen molar-refractivity contribution in [3.05, 3.63) is 59.2 Å². The van der Waals surface area contributed by atoms with Gasteiger partial charge in [-0.1, -0.05) is 6.07 Å². The van der Waals surface area contributed by atoms with Crippen molar-refractivity contribution in [2.75, 3.05) is 11.1 Å². The van der Waals surface area contributed by atoms with Crippen LogP contribution in [0.5, 0.6) is 0 Å². The maximum absolute atomic E-state index is 13.0. The highest BCUT2D eigenvalue weighted by atomic mass is 19.2. The Labute approximate surface area is 109 Å². The number of nitrogens with one attached hydrogen (secondary N) is 1. The Balaban J connectivity index is 2.25. The zero-order chi connectivity index (χ0) is 14.0. The summed E-state index contributed by atoms with van der Waals surface area (Å²) in [5.41, 5.74) is 7.40. The average Bonchev–Trinajstić information content (AvgIpc) is 2.36. The first-order chi connectivity index (χ1) is 8.97. The number of hydrogen-bond donors (Lipinski definition) is 2. The van der Waals surface area contributed by atoms with E-state index in [-0.39, 0.29) is 5.69 Å². The van der Waals surface area contributed by atoms with Crippen molar-refractivity contribution >= 4 is 17.3 Å². The van der Waals surface area contributed by atoms with Gasteiger partial charge in [0.1, 0.15) is 0 Å². The first-order valence-corrected chi connectivity index (χ1v) is 5.60. The molecule has 0 radical (unpaired) electrons. The summed E-state index contributed by atoms with van der Waals surface area (Å²) < 4.78 is 25.8. The number of nitrogens with two attached hydrogens (primary N) is 1. The van der Waals surface area contributed by atoms with Crippen LogP contribution in [0.15, 0.2) is 36.4 Å². The van der Waals surface area contributed by atoms with Crippen LogP contribution in [0.2, 0.25) is 0 Å². The molecule has 5 heteroatoms. The zero-order valence-corrected chi connectivity index (χ0v) is 10.2. The highest BCUT2D eigenvalue weighted by molar-refractivity contribution is 6.05. The highest BCUT2D eigenvalue weighted by Crippen LogP contribution is 2.17. The molecule has 98 valence electrons. The Morgan fingerprint density at radius 2 is 1.84 bits per heavy atom. The molecular formula is C14H12F2N2O. The van der Waals surface area contributed by atoms with Crippen molar-refractivity contribution in [2.24, 2.45) is 0 Å². The fourth-order valence-electron chi connectivity index (χ4n) is 1.66. The van der Waals surface area contributed by atoms with E-state index < -0.39 is 17.5 Å². The van der Waals surface area contributed by atoms with E-state index in [9.17, 15) is 13.6 Å². The summed E-state index contributed by atoms with van der Waals surface area (Å²) in [4.78, 5) is 12.0. The van der Waals surface area contributed by atoms with Gasteiger partial charge >= 0.3 is 0 Å². The van der Waals surface area contributed by atoms with Crippen molar-refractivity contribution in [3.8, 4) is 0 Å². The number of rotatable bonds is 2. The van der Waals surface area contributed by atoms with Crippen LogP contribution in [0.4, 0.5) is 20.2 Å². The summed E-state index contributed by atoms with van der Waals surface area (Å²) in [6, 6.07) is 8.10. The molecule has 0 aliphatic rings. The number of aryl methyl sites for hydroxylation is 1. The molecule has 3 N–H and O–H groups in total. The number of halogens is 2. The van der Waals surface area contributed by atoms with E-state index in [0.29, 0.717) is 11.3 Å². The van der Waals surface area contributed by atoms with Gasteiger partial charge in [0.2, 0.25) is 0 Å². The van der Waals surface area contributed by atoms with Crippen LogP contribution in [0.3, 0.4) is 0 Å². The van der Waals surface area contributed by atoms with Gasteiger partial charge in [-0.2, -0.15) is 0 Å². The Bertz CT molecular complexity index is 641. The molecule has 1 amide bonds. The number of amides is 1. The maximum Gasteiger partial charge on any atom is 0.256 e. The minimum Gasteiger partial charge on any atom is -0.399 e. The lowest BCUT2D eigenvalue weighted by Crippen LogP contribution is -2.14. The van der Waals surface area contributed by atoms with Crippen LogP contribution in [0.1, 0.15) is 15.9 Å². The van der Waals surface area contributed by atoms with Crippen LogP contribution >= 0.6 is 0 Å². The van der Waals surface area contributed by atoms with Gasteiger partial charge in [0, 0.05) is 23.0 Å². The molecule has 2 aromatic carbocycles. The molecule has 0 aliphatic carbocycles. The molecule has 0 fully saturated rings. The average molecular weight is 262 g/mol. The molecule has 0 atom stereocenters. The predicted octanol–water partition coefficient (Wildman–Crippen LogP) is 3.11. The standard InChI is InChI=1S/C14H12F2N2O/c1-8-2-3-9(17)6-11(8)14(19)18-10-4-5-12(15)13(16)7-10/h2-7H,17H2,1H3,(H,18,19). The van der Waals surface area contributed by atoms with Gasteiger partial charge in [0.25, 0.3) is 5.91 Å². The lowest BCUT2D eigenvalue weighted by molar-refractivity contribution is 0.102. The third-order valence-corrected chi connectivity index (χ3v) is 2.68. The zero-order valence-electron chi connectivity index (χ0n) is 10.2. The number of hydrogen-bond acceptors (Lipinski definition) is 2. The molecule has 0 aliphatic heterocycles. The third-order valence-electron chi connectivity index (χ3n) is 2.68. The minimum atomic E-state index is -1.01. The van der Waals surface area contributed by atoms with E-state index in [1.807, 2.05) is 0 Å². The van der Waals surface area contributed by atoms with E-state index in [0.717, 1.165) is 17.7 Å². The highest BCUT2D eigenvalue weighted by Gasteiger charge is 2.11. The molecule has 0 spiro atoms. The Morgan fingerprint density at radius 1 is 1.11 bits per heavy atom. The molecule has 0 bridgehead atoms. The summed E-state index contributed by atoms with van der Waals surface area (Å²) in [5, 5.41) is 2.49. The van der Waals surface area contributed by atoms with Gasteiger partial charge in [-0.05, 0) is 36.8 Å². The van der Waals surface area contributed by atoms with Gasteiger partial charge in [0.05, 0.1) is 0 Å². The predicted molar refractivity (Wildman–Crippen MR) is 69.9 cm³/mol. The second kappa shape index (κ2) is 5.06. The number of nitrogen functional groups attached to an aromatic ring is 1. The summed E-state index contributed by atoms with van der Waals surface area (Å²) in [7, 11) is 0. The van der Waals surface area contributed by atoms with Crippen molar-refractivity contribution in [1.29, 1.82) is 0 Å². The monoisotopic (exact) mass is 262 g/mol. The van der Waals surface area contributed by atoms with E-state index in [1.54, 1.807) is 19.1 Å². The number of anilines is 2. The van der Waals surface area contributed by atoms with E-state index >= 15 is 0 Å². The second-order valence-electron chi connectivity index (χ2n) is 4.16. The fourth-order valence-corrected chi connectivity index (χ4v) is 1.66. The summed E-state index contributed by atoms with van der Waals surface area (Å²) in [5.74, 6) is -2.39. The van der Waals surface area contributed by atoms with Crippen molar-refractivity contribution in [1.82, 2.24) is 0 Å². The topological polar surface area (TPSA) is 55.1 Å². The molecule has 0 saturated heterocycles. The van der Waals surface area contributed by atoms with Crippen LogP contribution < -0.4 is 11.1 Å². The number of carbonyl (C=O) groups excluding carboxylic acids is 1. The molecular weight excluding hydrogens is 250 g/mol. The molecule has 0 unspecified atom stereocenters. The van der Waals surface area contributed by atoms with Crippen LogP contribution in [-0.2, 0) is 0 Å². The van der Waals surface area contributed by atoms with Crippen LogP contribution in [-0.4, -0.2) is 5.91 Å². The molecule has 2 rings (SSSR count). The number of carbonyl (C=O) groups is 1. The molecule has 19 heavy (non-hydrogen) atoms. The molecule has 0 aromatic heterocycles. The van der Waals surface area contributed by atoms with Gasteiger partial charge in [0.15, 0.2) is 11.6 Å². The SMILES string of the molecule is Cc1ccc(N)cc1C(=O)Nc1ccc(F)c(F)c1. The van der Waals surface area contributed by atoms with Gasteiger partial charge in [-0.3, -0.25) is 4.79 Å². The van der Waals surface area contributed by atoms with E-state index in [1.165, 1.54) is 12.1 Å². The summed E-state index contributed by atoms with van der Waals surface area (Å²) in [6.07, 6.45) is 0. The molecule has 0 heterocycles. The molecule has 3 nitrogen and oxygen atoms in total. The van der Waals surface area contributed by atoms with Gasteiger partial charge in [-0.25, -0.2) is 8.78 Å². The first-order valence-electron chi connectivity index (χ1n) is 5.60. The first kappa shape index (κ1) is 13.0. The fraction of sp³-hybridized carbons (Fsp3) is 0.0714. The van der Waals surface area contributed by atoms with Crippen LogP contribution in [0, 0.1) is 18.6 Å². The van der Waals surface area contributed by atoms with Crippen molar-refractivity contribution in [3.63, 3.8) is 0 Å². The Morgan fingerprint density at radius 3 is 2.53 bits per heavy atom. The van der Waals surface area contributed by atoms with Gasteiger partial charge < -0.3 is 11.1 Å². The normalized spacial score (nSPS) is 10.3. The largest absolute Gasteiger partial charge is 0.399 e. The lowest BCUT2D eigenvalue weighted by Gasteiger charge is -2.08. The maximum atomic E-state index is 13.0. The number of benzene rings is 2. The van der Waals surface area contributed by atoms with Crippen LogP contribution in [0.25, 0.3) is 0 Å².